The van der Waals surface area contributed by atoms with Gasteiger partial charge in [-0.1, -0.05) is 6.07 Å². The molecule has 0 spiro atoms. The van der Waals surface area contributed by atoms with E-state index < -0.39 is 6.10 Å². The number of benzene rings is 1. The largest absolute Gasteiger partial charge is 0.398 e. The molecule has 1 aromatic carbocycles. The lowest BCUT2D eigenvalue weighted by atomic mass is 10.2. The summed E-state index contributed by atoms with van der Waals surface area (Å²) in [5, 5.41) is 12.4. The summed E-state index contributed by atoms with van der Waals surface area (Å²) in [5.41, 5.74) is 6.72. The van der Waals surface area contributed by atoms with Crippen molar-refractivity contribution in [3.05, 3.63) is 28.2 Å². The lowest BCUT2D eigenvalue weighted by Gasteiger charge is -2.12. The normalized spacial score (nSPS) is 16.6. The first-order valence-electron chi connectivity index (χ1n) is 5.60. The van der Waals surface area contributed by atoms with E-state index in [0.717, 1.165) is 12.8 Å². The van der Waals surface area contributed by atoms with E-state index in [1.165, 1.54) is 0 Å². The molecular weight excluding hydrogens is 284 g/mol. The molecule has 0 saturated heterocycles. The van der Waals surface area contributed by atoms with Gasteiger partial charge in [0.05, 0.1) is 16.1 Å². The summed E-state index contributed by atoms with van der Waals surface area (Å²) in [7, 11) is 0. The first kappa shape index (κ1) is 12.4. The van der Waals surface area contributed by atoms with Crippen LogP contribution < -0.4 is 11.1 Å². The number of aliphatic hydroxyl groups is 1. The number of nitrogen functional groups attached to an aromatic ring is 1. The Bertz CT molecular complexity index is 433. The van der Waals surface area contributed by atoms with Crippen molar-refractivity contribution in [1.82, 2.24) is 5.32 Å². The maximum Gasteiger partial charge on any atom is 0.252 e. The minimum Gasteiger partial charge on any atom is -0.398 e. The predicted molar refractivity (Wildman–Crippen MR) is 69.6 cm³/mol. The minimum absolute atomic E-state index is 0.219. The average Bonchev–Trinajstić information content (AvgIpc) is 3.13. The van der Waals surface area contributed by atoms with E-state index in [1.807, 2.05) is 0 Å². The van der Waals surface area contributed by atoms with Gasteiger partial charge >= 0.3 is 0 Å². The van der Waals surface area contributed by atoms with Crippen LogP contribution in [0, 0.1) is 5.92 Å². The molecule has 1 atom stereocenters. The Labute approximate surface area is 108 Å². The van der Waals surface area contributed by atoms with E-state index in [0.29, 0.717) is 28.2 Å². The summed E-state index contributed by atoms with van der Waals surface area (Å²) in [4.78, 5) is 11.9. The first-order valence-corrected chi connectivity index (χ1v) is 6.39. The summed E-state index contributed by atoms with van der Waals surface area (Å²) in [6.07, 6.45) is 1.68. The molecule has 1 amide bonds. The number of halogens is 1. The summed E-state index contributed by atoms with van der Waals surface area (Å²) >= 11 is 3.28. The van der Waals surface area contributed by atoms with E-state index >= 15 is 0 Å². The highest BCUT2D eigenvalue weighted by atomic mass is 79.9. The zero-order chi connectivity index (χ0) is 12.4. The number of carbonyl (C=O) groups excluding carboxylic acids is 1. The summed E-state index contributed by atoms with van der Waals surface area (Å²) in [5.74, 6) is 0.142. The van der Waals surface area contributed by atoms with Gasteiger partial charge in [-0.3, -0.25) is 4.79 Å². The van der Waals surface area contributed by atoms with Crippen LogP contribution in [0.15, 0.2) is 22.7 Å². The molecule has 0 radical (unpaired) electrons. The lowest BCUT2D eigenvalue weighted by Crippen LogP contribution is -2.33. The lowest BCUT2D eigenvalue weighted by molar-refractivity contribution is 0.0900. The highest BCUT2D eigenvalue weighted by molar-refractivity contribution is 9.10. The van der Waals surface area contributed by atoms with Gasteiger partial charge in [-0.05, 0) is 46.8 Å². The number of carbonyl (C=O) groups is 1. The second kappa shape index (κ2) is 5.06. The minimum atomic E-state index is -0.432. The third-order valence-electron chi connectivity index (χ3n) is 2.91. The van der Waals surface area contributed by atoms with Gasteiger partial charge in [-0.25, -0.2) is 0 Å². The molecular formula is C12H15BrN2O2. The smallest absolute Gasteiger partial charge is 0.252 e. The molecule has 0 bridgehead atoms. The monoisotopic (exact) mass is 298 g/mol. The Morgan fingerprint density at radius 2 is 2.29 bits per heavy atom. The number of amides is 1. The van der Waals surface area contributed by atoms with Gasteiger partial charge in [0.2, 0.25) is 0 Å². The highest BCUT2D eigenvalue weighted by Gasteiger charge is 2.29. The quantitative estimate of drug-likeness (QED) is 0.738. The second-order valence-electron chi connectivity index (χ2n) is 4.32. The molecule has 4 N–H and O–H groups in total. The van der Waals surface area contributed by atoms with E-state index in [4.69, 9.17) is 5.73 Å². The molecule has 17 heavy (non-hydrogen) atoms. The highest BCUT2D eigenvalue weighted by Crippen LogP contribution is 2.32. The Kier molecular flexibility index (Phi) is 3.69. The zero-order valence-corrected chi connectivity index (χ0v) is 10.9. The molecule has 1 aromatic rings. The van der Waals surface area contributed by atoms with Gasteiger partial charge in [0.25, 0.3) is 5.91 Å². The molecule has 1 unspecified atom stereocenters. The molecule has 2 rings (SSSR count). The van der Waals surface area contributed by atoms with Crippen LogP contribution in [0.1, 0.15) is 23.2 Å². The predicted octanol–water partition coefficient (Wildman–Crippen LogP) is 1.53. The van der Waals surface area contributed by atoms with Gasteiger partial charge in [-0.2, -0.15) is 0 Å². The van der Waals surface area contributed by atoms with Crippen molar-refractivity contribution in [3.63, 3.8) is 0 Å². The number of nitrogens with one attached hydrogen (secondary N) is 1. The van der Waals surface area contributed by atoms with Crippen molar-refractivity contribution in [2.75, 3.05) is 12.3 Å². The van der Waals surface area contributed by atoms with Crippen LogP contribution in [0.2, 0.25) is 0 Å². The van der Waals surface area contributed by atoms with Crippen LogP contribution in [0.3, 0.4) is 0 Å². The number of nitrogens with two attached hydrogens (primary N) is 1. The summed E-state index contributed by atoms with van der Waals surface area (Å²) in [6.45, 7) is 0.296. The molecule has 1 aliphatic carbocycles. The van der Waals surface area contributed by atoms with Gasteiger partial charge in [-0.15, -0.1) is 0 Å². The van der Waals surface area contributed by atoms with Crippen molar-refractivity contribution >= 4 is 27.5 Å². The fourth-order valence-electron chi connectivity index (χ4n) is 1.67. The zero-order valence-electron chi connectivity index (χ0n) is 9.32. The molecule has 5 heteroatoms. The standard InChI is InChI=1S/C12H15BrN2O2/c13-11-8(2-1-3-9(11)14)12(17)15-6-10(16)7-4-5-7/h1-3,7,10,16H,4-6,14H2,(H,15,17). The Morgan fingerprint density at radius 1 is 1.59 bits per heavy atom. The molecule has 4 nitrogen and oxygen atoms in total. The van der Waals surface area contributed by atoms with Crippen LogP contribution in [-0.2, 0) is 0 Å². The number of hydrogen-bond donors (Lipinski definition) is 3. The maximum atomic E-state index is 11.9. The Morgan fingerprint density at radius 3 is 2.94 bits per heavy atom. The molecule has 92 valence electrons. The van der Waals surface area contributed by atoms with E-state index in [9.17, 15) is 9.90 Å². The van der Waals surface area contributed by atoms with Crippen LogP contribution in [0.4, 0.5) is 5.69 Å². The Balaban J connectivity index is 1.96. The third-order valence-corrected chi connectivity index (χ3v) is 3.80. The van der Waals surface area contributed by atoms with Crippen molar-refractivity contribution in [1.29, 1.82) is 0 Å². The van der Waals surface area contributed by atoms with Crippen molar-refractivity contribution < 1.29 is 9.90 Å². The third kappa shape index (κ3) is 2.98. The van der Waals surface area contributed by atoms with Crippen LogP contribution >= 0.6 is 15.9 Å². The molecule has 1 fully saturated rings. The molecule has 0 aliphatic heterocycles. The SMILES string of the molecule is Nc1cccc(C(=O)NCC(O)C2CC2)c1Br. The van der Waals surface area contributed by atoms with Crippen molar-refractivity contribution in [3.8, 4) is 0 Å². The van der Waals surface area contributed by atoms with Gasteiger partial charge in [0.15, 0.2) is 0 Å². The fourth-order valence-corrected chi connectivity index (χ4v) is 2.11. The van der Waals surface area contributed by atoms with Crippen molar-refractivity contribution in [2.24, 2.45) is 5.92 Å². The molecule has 0 heterocycles. The number of aliphatic hydroxyl groups excluding tert-OH is 1. The van der Waals surface area contributed by atoms with Gasteiger partial charge in [0.1, 0.15) is 0 Å². The summed E-state index contributed by atoms with van der Waals surface area (Å²) < 4.78 is 0.596. The fraction of sp³-hybridized carbons (Fsp3) is 0.417. The number of hydrogen-bond acceptors (Lipinski definition) is 3. The van der Waals surface area contributed by atoms with Gasteiger partial charge in [0, 0.05) is 12.2 Å². The van der Waals surface area contributed by atoms with Crippen molar-refractivity contribution in [2.45, 2.75) is 18.9 Å². The molecule has 0 aromatic heterocycles. The first-order chi connectivity index (χ1) is 8.09. The van der Waals surface area contributed by atoms with Gasteiger partial charge < -0.3 is 16.2 Å². The van der Waals surface area contributed by atoms with E-state index in [1.54, 1.807) is 18.2 Å². The topological polar surface area (TPSA) is 75.4 Å². The maximum absolute atomic E-state index is 11.9. The van der Waals surface area contributed by atoms with Crippen LogP contribution in [0.25, 0.3) is 0 Å². The average molecular weight is 299 g/mol. The Hall–Kier alpha value is -1.07. The summed E-state index contributed by atoms with van der Waals surface area (Å²) in [6, 6.07) is 5.14. The number of anilines is 1. The molecule has 1 aliphatic rings. The number of rotatable bonds is 4. The van der Waals surface area contributed by atoms with E-state index in [2.05, 4.69) is 21.2 Å². The van der Waals surface area contributed by atoms with E-state index in [-0.39, 0.29) is 5.91 Å². The second-order valence-corrected chi connectivity index (χ2v) is 5.12. The van der Waals surface area contributed by atoms with Crippen LogP contribution in [0.5, 0.6) is 0 Å². The molecule has 1 saturated carbocycles. The van der Waals surface area contributed by atoms with Crippen LogP contribution in [-0.4, -0.2) is 23.7 Å².